The Hall–Kier alpha value is -10.3. The maximum absolute atomic E-state index is 15.7. The van der Waals surface area contributed by atoms with Gasteiger partial charge in [-0.15, -0.1) is 0 Å². The lowest BCUT2D eigenvalue weighted by Gasteiger charge is -2.21. The number of nitrogens with zero attached hydrogens (tertiary/aromatic N) is 4. The van der Waals surface area contributed by atoms with Gasteiger partial charge in [0, 0.05) is 21.5 Å². The molecule has 0 aliphatic heterocycles. The molecule has 0 aliphatic carbocycles. The minimum absolute atomic E-state index is 0.0701. The van der Waals surface area contributed by atoms with Gasteiger partial charge in [0.05, 0.1) is 67.8 Å². The van der Waals surface area contributed by atoms with Gasteiger partial charge < -0.3 is 9.13 Å². The second-order valence-electron chi connectivity index (χ2n) is 22.3. The number of fused-ring (bicyclic) bond motifs is 6. The van der Waals surface area contributed by atoms with Crippen LogP contribution in [0.3, 0.4) is 0 Å². The summed E-state index contributed by atoms with van der Waals surface area (Å²) >= 11 is 0. The highest BCUT2D eigenvalue weighted by Crippen LogP contribution is 2.49. The fraction of sp³-hybridized carbons (Fsp3) is 0.127. The van der Waals surface area contributed by atoms with Gasteiger partial charge in [-0.25, -0.2) is 4.85 Å². The number of aryl methyl sites for hydroxylation is 4. The molecule has 2 aromatic heterocycles. The molecule has 90 heavy (non-hydrogen) atoms. The van der Waals surface area contributed by atoms with Crippen molar-refractivity contribution in [2.45, 2.75) is 58.6 Å². The lowest BCUT2D eigenvalue weighted by atomic mass is 9.94. The lowest BCUT2D eigenvalue weighted by Crippen LogP contribution is -2.09. The van der Waals surface area contributed by atoms with Crippen molar-refractivity contribution >= 4 is 49.3 Å². The van der Waals surface area contributed by atoms with Crippen LogP contribution in [0.25, 0.3) is 115 Å². The quantitative estimate of drug-likeness (QED) is 0.116. The monoisotopic (exact) mass is 1230 g/mol. The van der Waals surface area contributed by atoms with E-state index in [0.717, 1.165) is 66.7 Å². The normalized spacial score (nSPS) is 12.6. The number of alkyl halides is 15. The Morgan fingerprint density at radius 3 is 0.900 bits per heavy atom. The summed E-state index contributed by atoms with van der Waals surface area (Å²) in [6.45, 7) is 14.1. The smallest absolute Gasteiger partial charge is 0.308 e. The number of benzene rings is 10. The first kappa shape index (κ1) is 60.0. The maximum atomic E-state index is 15.7. The molecule has 4 nitrogen and oxygen atoms in total. The van der Waals surface area contributed by atoms with Gasteiger partial charge in [0.15, 0.2) is 5.69 Å². The Bertz CT molecular complexity index is 4560. The second-order valence-corrected chi connectivity index (χ2v) is 22.3. The van der Waals surface area contributed by atoms with Gasteiger partial charge in [0.1, 0.15) is 11.6 Å². The Morgan fingerprint density at radius 2 is 0.644 bits per heavy atom. The summed E-state index contributed by atoms with van der Waals surface area (Å²) < 4.78 is 224. The summed E-state index contributed by atoms with van der Waals surface area (Å²) in [5.41, 5.74) is -5.34. The molecular weight excluding hydrogens is 1190 g/mol. The first-order valence-corrected chi connectivity index (χ1v) is 27.4. The van der Waals surface area contributed by atoms with Crippen LogP contribution in [0, 0.1) is 45.6 Å². The van der Waals surface area contributed by atoms with Crippen LogP contribution in [-0.4, -0.2) is 9.13 Å². The van der Waals surface area contributed by atoms with Gasteiger partial charge in [-0.2, -0.15) is 71.1 Å². The molecule has 2 heterocycles. The third kappa shape index (κ3) is 10.8. The predicted octanol–water partition coefficient (Wildman–Crippen LogP) is 23.0. The van der Waals surface area contributed by atoms with E-state index in [9.17, 15) is 57.9 Å². The zero-order valence-electron chi connectivity index (χ0n) is 47.2. The highest BCUT2D eigenvalue weighted by atomic mass is 19.4. The van der Waals surface area contributed by atoms with E-state index in [1.54, 1.807) is 24.3 Å². The average Bonchev–Trinajstić information content (AvgIpc) is 1.53. The van der Waals surface area contributed by atoms with Crippen LogP contribution in [0.5, 0.6) is 0 Å². The molecule has 0 fully saturated rings. The third-order valence-electron chi connectivity index (χ3n) is 15.9. The fourth-order valence-corrected chi connectivity index (χ4v) is 12.1. The SMILES string of the molecule is [C-]#[N+]c1cccc(C(F)(F)F)c1-c1cc(-n2c3cc(-c4cc(C)cc(C(F)(F)F)c4)ccc3c3ccc(-c4cc(C)cc(C(F)(F)F)c4)cc32)c(C#N)c(-n2c3cc(-c4cc(C)cc(C(F)(F)F)c4)ccc3c3ccc(-c4cc(C)cc(C(F)(F)F)c4)cc32)c1. The van der Waals surface area contributed by atoms with Crippen molar-refractivity contribution in [1.82, 2.24) is 9.13 Å². The van der Waals surface area contributed by atoms with Crippen LogP contribution in [0.1, 0.15) is 55.6 Å². The number of aromatic nitrogens is 2. The summed E-state index contributed by atoms with van der Waals surface area (Å²) in [4.78, 5) is 3.51. The Kier molecular flexibility index (Phi) is 14.2. The van der Waals surface area contributed by atoms with Gasteiger partial charge in [0.2, 0.25) is 0 Å². The molecule has 0 N–H and O–H groups in total. The number of hydrogen-bond donors (Lipinski definition) is 0. The van der Waals surface area contributed by atoms with Crippen LogP contribution in [0.4, 0.5) is 71.5 Å². The summed E-state index contributed by atoms with van der Waals surface area (Å²) in [5, 5.41) is 13.4. The molecule has 12 aromatic rings. The van der Waals surface area contributed by atoms with E-state index in [1.165, 1.54) is 122 Å². The molecule has 0 spiro atoms. The van der Waals surface area contributed by atoms with Gasteiger partial charge in [-0.3, -0.25) is 0 Å². The topological polar surface area (TPSA) is 38.0 Å². The van der Waals surface area contributed by atoms with Gasteiger partial charge in [-0.05, 0) is 191 Å². The van der Waals surface area contributed by atoms with Crippen LogP contribution >= 0.6 is 0 Å². The minimum atomic E-state index is -5.17. The summed E-state index contributed by atoms with van der Waals surface area (Å²) in [7, 11) is 0. The number of rotatable bonds is 7. The molecule has 0 bridgehead atoms. The highest BCUT2D eigenvalue weighted by Gasteiger charge is 2.38. The predicted molar refractivity (Wildman–Crippen MR) is 317 cm³/mol. The van der Waals surface area contributed by atoms with Crippen molar-refractivity contribution in [2.24, 2.45) is 0 Å². The Balaban J connectivity index is 1.28. The molecule has 0 saturated carbocycles. The first-order chi connectivity index (χ1) is 42.3. The molecule has 0 atom stereocenters. The van der Waals surface area contributed by atoms with E-state index < -0.39 is 69.9 Å². The van der Waals surface area contributed by atoms with Crippen LogP contribution in [0.15, 0.2) is 176 Å². The fourth-order valence-electron chi connectivity index (χ4n) is 12.1. The molecule has 0 aliphatic rings. The first-order valence-electron chi connectivity index (χ1n) is 27.4. The Labute approximate surface area is 502 Å². The summed E-state index contributed by atoms with van der Waals surface area (Å²) in [6.07, 6.45) is -24.4. The van der Waals surface area contributed by atoms with Crippen LogP contribution in [-0.2, 0) is 30.9 Å². The van der Waals surface area contributed by atoms with Crippen LogP contribution < -0.4 is 0 Å². The van der Waals surface area contributed by atoms with E-state index in [2.05, 4.69) is 10.9 Å². The third-order valence-corrected chi connectivity index (χ3v) is 15.9. The van der Waals surface area contributed by atoms with Crippen molar-refractivity contribution in [3.63, 3.8) is 0 Å². The zero-order valence-corrected chi connectivity index (χ0v) is 47.2. The standard InChI is InChI=1S/C71H41F15N4/c1-36-17-44(25-49(21-36)67(72,73)74)40-9-13-53-54-14-10-41(45-18-37(2)22-50(26-45)68(75,76)77)30-61(54)89(60(53)29-40)64-33-48(66-58(71(84,85)86)7-6-8-59(66)88-5)34-65(57(64)35-87)90-62-31-42(46-19-38(3)23-51(27-46)69(78,79)80)11-15-55(62)56-16-12-43(32-63(56)90)47-20-39(4)24-52(28-47)70(81,82)83/h6-34H,1-4H3. The van der Waals surface area contributed by atoms with E-state index >= 15 is 13.2 Å². The molecule has 10 aromatic carbocycles. The molecule has 0 unspecified atom stereocenters. The number of hydrogen-bond acceptors (Lipinski definition) is 1. The molecule has 0 amide bonds. The van der Waals surface area contributed by atoms with Crippen molar-refractivity contribution in [3.05, 3.63) is 243 Å². The molecule has 0 saturated heterocycles. The van der Waals surface area contributed by atoms with E-state index in [-0.39, 0.29) is 111 Å². The van der Waals surface area contributed by atoms with Crippen LogP contribution in [0.2, 0.25) is 0 Å². The molecular formula is C71H41F15N4. The molecule has 19 heteroatoms. The minimum Gasteiger partial charge on any atom is -0.308 e. The highest BCUT2D eigenvalue weighted by molar-refractivity contribution is 6.13. The number of halogens is 15. The summed E-state index contributed by atoms with van der Waals surface area (Å²) in [6, 6.07) is 39.3. The van der Waals surface area contributed by atoms with Gasteiger partial charge in [-0.1, -0.05) is 91.0 Å². The average molecular weight is 1240 g/mol. The second kappa shape index (κ2) is 21.2. The van der Waals surface area contributed by atoms with Gasteiger partial charge in [0.25, 0.3) is 0 Å². The lowest BCUT2D eigenvalue weighted by molar-refractivity contribution is -0.138. The van der Waals surface area contributed by atoms with Gasteiger partial charge >= 0.3 is 30.9 Å². The molecule has 0 radical (unpaired) electrons. The maximum Gasteiger partial charge on any atom is 0.416 e. The van der Waals surface area contributed by atoms with Crippen molar-refractivity contribution in [3.8, 4) is 73.1 Å². The van der Waals surface area contributed by atoms with E-state index in [4.69, 9.17) is 6.57 Å². The summed E-state index contributed by atoms with van der Waals surface area (Å²) in [5.74, 6) is 0. The molecule has 12 rings (SSSR count). The van der Waals surface area contributed by atoms with E-state index in [0.29, 0.717) is 21.5 Å². The van der Waals surface area contributed by atoms with Crippen molar-refractivity contribution in [2.75, 3.05) is 0 Å². The van der Waals surface area contributed by atoms with Crippen molar-refractivity contribution in [1.29, 1.82) is 5.26 Å². The zero-order chi connectivity index (χ0) is 64.5. The largest absolute Gasteiger partial charge is 0.416 e. The van der Waals surface area contributed by atoms with E-state index in [1.807, 2.05) is 0 Å². The Morgan fingerprint density at radius 1 is 0.344 bits per heavy atom. The molecule has 450 valence electrons. The van der Waals surface area contributed by atoms with Crippen molar-refractivity contribution < 1.29 is 65.9 Å². The number of nitriles is 1.